The largest absolute Gasteiger partial charge is 0.374 e. The van der Waals surface area contributed by atoms with Crippen LogP contribution in [0.4, 0.5) is 10.3 Å². The van der Waals surface area contributed by atoms with Crippen LogP contribution in [0.25, 0.3) is 0 Å². The Balaban J connectivity index is 2.10. The summed E-state index contributed by atoms with van der Waals surface area (Å²) in [5.74, 6) is -0.419. The Bertz CT molecular complexity index is 436. The molecule has 2 aromatic heterocycles. The van der Waals surface area contributed by atoms with Crippen LogP contribution in [0.2, 0.25) is 0 Å². The lowest BCUT2D eigenvalue weighted by Gasteiger charge is -1.92. The number of nitrogen functional groups attached to an aromatic ring is 1. The molecule has 72 valence electrons. The van der Waals surface area contributed by atoms with E-state index in [2.05, 4.69) is 30.3 Å². The molecule has 0 spiro atoms. The smallest absolute Gasteiger partial charge is 0.288 e. The van der Waals surface area contributed by atoms with Gasteiger partial charge in [-0.2, -0.15) is 0 Å². The first kappa shape index (κ1) is 8.90. The van der Waals surface area contributed by atoms with Crippen molar-refractivity contribution in [2.75, 3.05) is 11.1 Å². The second kappa shape index (κ2) is 3.59. The Hall–Kier alpha value is -1.68. The number of nitrogens with zero attached hydrogens (tertiary/aromatic N) is 5. The number of nitrogens with two attached hydrogens (primary N) is 1. The fraction of sp³-hybridized carbons (Fsp3) is 0. The van der Waals surface area contributed by atoms with E-state index in [0.29, 0.717) is 5.13 Å². The third-order valence-corrected chi connectivity index (χ3v) is 2.42. The maximum absolute atomic E-state index is 11.4. The monoisotopic (exact) mass is 229 g/mol. The molecule has 10 heteroatoms. The Labute approximate surface area is 85.3 Å². The zero-order valence-corrected chi connectivity index (χ0v) is 8.17. The molecule has 0 radical (unpaired) electrons. The summed E-state index contributed by atoms with van der Waals surface area (Å²) in [6.45, 7) is 0. The molecular formula is C4H3N7OS2. The predicted octanol–water partition coefficient (Wildman–Crippen LogP) is -0.381. The van der Waals surface area contributed by atoms with Gasteiger partial charge in [0.2, 0.25) is 15.3 Å². The van der Waals surface area contributed by atoms with Crippen molar-refractivity contribution in [3.63, 3.8) is 0 Å². The zero-order valence-electron chi connectivity index (χ0n) is 6.54. The summed E-state index contributed by atoms with van der Waals surface area (Å²) in [6.07, 6.45) is 0. The molecule has 0 unspecified atom stereocenters. The summed E-state index contributed by atoms with van der Waals surface area (Å²) in [7, 11) is 0. The van der Waals surface area contributed by atoms with Crippen molar-refractivity contribution in [3.05, 3.63) is 5.01 Å². The highest BCUT2D eigenvalue weighted by atomic mass is 32.1. The number of anilines is 2. The summed E-state index contributed by atoms with van der Waals surface area (Å²) >= 11 is 1.97. The van der Waals surface area contributed by atoms with E-state index in [9.17, 15) is 4.79 Å². The molecule has 2 rings (SSSR count). The molecule has 0 aliphatic heterocycles. The van der Waals surface area contributed by atoms with E-state index in [1.807, 2.05) is 0 Å². The fourth-order valence-corrected chi connectivity index (χ4v) is 1.53. The molecule has 8 nitrogen and oxygen atoms in total. The van der Waals surface area contributed by atoms with Crippen molar-refractivity contribution in [1.82, 2.24) is 25.0 Å². The number of hydrogen-bond donors (Lipinski definition) is 2. The number of rotatable bonds is 2. The first-order valence-electron chi connectivity index (χ1n) is 3.31. The highest BCUT2D eigenvalue weighted by molar-refractivity contribution is 7.17. The molecule has 0 aliphatic carbocycles. The van der Waals surface area contributed by atoms with E-state index in [0.717, 1.165) is 22.9 Å². The quantitative estimate of drug-likeness (QED) is 0.720. The average Bonchev–Trinajstić information content (AvgIpc) is 2.75. The number of hydrogen-bond acceptors (Lipinski definition) is 9. The van der Waals surface area contributed by atoms with E-state index < -0.39 is 5.91 Å². The summed E-state index contributed by atoms with van der Waals surface area (Å²) in [6, 6.07) is 0. The first-order chi connectivity index (χ1) is 6.75. The zero-order chi connectivity index (χ0) is 9.97. The fourth-order valence-electron chi connectivity index (χ4n) is 0.659. The van der Waals surface area contributed by atoms with E-state index in [1.54, 1.807) is 0 Å². The molecular weight excluding hydrogens is 226 g/mol. The Morgan fingerprint density at radius 3 is 2.79 bits per heavy atom. The molecule has 2 heterocycles. The number of nitrogens with one attached hydrogen (secondary N) is 1. The molecule has 0 saturated heterocycles. The predicted molar refractivity (Wildman–Crippen MR) is 50.0 cm³/mol. The molecule has 14 heavy (non-hydrogen) atoms. The second-order valence-corrected chi connectivity index (χ2v) is 3.81. The minimum Gasteiger partial charge on any atom is -0.374 e. The first-order valence-corrected chi connectivity index (χ1v) is 4.90. The van der Waals surface area contributed by atoms with Gasteiger partial charge in [0.25, 0.3) is 5.91 Å². The summed E-state index contributed by atoms with van der Waals surface area (Å²) in [5.41, 5.74) is 5.32. The van der Waals surface area contributed by atoms with Crippen LogP contribution < -0.4 is 11.1 Å². The molecule has 1 amide bonds. The van der Waals surface area contributed by atoms with Gasteiger partial charge in [-0.25, -0.2) is 0 Å². The number of carbonyl (C=O) groups is 1. The van der Waals surface area contributed by atoms with Crippen LogP contribution in [0.15, 0.2) is 0 Å². The van der Waals surface area contributed by atoms with Crippen LogP contribution in [-0.2, 0) is 0 Å². The maximum Gasteiger partial charge on any atom is 0.288 e. The highest BCUT2D eigenvalue weighted by Crippen LogP contribution is 2.13. The highest BCUT2D eigenvalue weighted by Gasteiger charge is 2.13. The van der Waals surface area contributed by atoms with Crippen LogP contribution >= 0.6 is 22.9 Å². The topological polar surface area (TPSA) is 120 Å². The van der Waals surface area contributed by atoms with Crippen LogP contribution in [0.5, 0.6) is 0 Å². The van der Waals surface area contributed by atoms with E-state index >= 15 is 0 Å². The maximum atomic E-state index is 11.4. The Kier molecular flexibility index (Phi) is 2.28. The van der Waals surface area contributed by atoms with Gasteiger partial charge in [-0.15, -0.1) is 10.2 Å². The van der Waals surface area contributed by atoms with Crippen LogP contribution in [0.3, 0.4) is 0 Å². The van der Waals surface area contributed by atoms with Crippen LogP contribution in [0.1, 0.15) is 9.80 Å². The molecule has 0 fully saturated rings. The normalized spacial score (nSPS) is 10.0. The van der Waals surface area contributed by atoms with Crippen molar-refractivity contribution >= 4 is 39.0 Å². The Morgan fingerprint density at radius 2 is 2.21 bits per heavy atom. The van der Waals surface area contributed by atoms with Gasteiger partial charge < -0.3 is 5.73 Å². The van der Waals surface area contributed by atoms with Gasteiger partial charge >= 0.3 is 0 Å². The number of carbonyl (C=O) groups excluding carboxylic acids is 1. The second-order valence-electron chi connectivity index (χ2n) is 2.07. The van der Waals surface area contributed by atoms with Gasteiger partial charge in [0.15, 0.2) is 0 Å². The molecule has 0 aromatic carbocycles. The van der Waals surface area contributed by atoms with Gasteiger partial charge in [-0.05, 0) is 5.21 Å². The lowest BCUT2D eigenvalue weighted by atomic mass is 10.6. The van der Waals surface area contributed by atoms with E-state index in [4.69, 9.17) is 5.73 Å². The van der Waals surface area contributed by atoms with Crippen molar-refractivity contribution < 1.29 is 4.79 Å². The van der Waals surface area contributed by atoms with Gasteiger partial charge in [-0.1, -0.05) is 20.9 Å². The minimum atomic E-state index is -0.419. The molecule has 0 aliphatic rings. The van der Waals surface area contributed by atoms with Gasteiger partial charge in [0, 0.05) is 11.5 Å². The van der Waals surface area contributed by atoms with Gasteiger partial charge in [0.1, 0.15) is 0 Å². The number of amides is 1. The van der Waals surface area contributed by atoms with Crippen LogP contribution in [-0.4, -0.2) is 30.9 Å². The molecule has 3 N–H and O–H groups in total. The van der Waals surface area contributed by atoms with E-state index in [1.165, 1.54) is 0 Å². The summed E-state index contributed by atoms with van der Waals surface area (Å²) < 4.78 is 3.48. The molecule has 0 saturated carbocycles. The average molecular weight is 229 g/mol. The summed E-state index contributed by atoms with van der Waals surface area (Å²) in [4.78, 5) is 11.4. The van der Waals surface area contributed by atoms with Gasteiger partial charge in [-0.3, -0.25) is 10.1 Å². The Morgan fingerprint density at radius 1 is 1.36 bits per heavy atom. The molecule has 0 bridgehead atoms. The summed E-state index contributed by atoms with van der Waals surface area (Å²) in [5, 5.41) is 17.1. The van der Waals surface area contributed by atoms with Crippen molar-refractivity contribution in [2.45, 2.75) is 0 Å². The standard InChI is InChI=1S/C4H3N7OS2/c5-3-8-7-2(13-3)1(12)6-4-9-10-11-14-4/h(H2,5,8)(H,6,9,11,12). The van der Waals surface area contributed by atoms with Crippen LogP contribution in [0, 0.1) is 0 Å². The minimum absolute atomic E-state index is 0.178. The van der Waals surface area contributed by atoms with Crippen molar-refractivity contribution in [3.8, 4) is 0 Å². The molecule has 0 atom stereocenters. The molecule has 2 aromatic rings. The number of aromatic nitrogens is 5. The SMILES string of the molecule is Nc1nnc(C(=O)Nc2nnns2)s1. The third kappa shape index (κ3) is 1.80. The lowest BCUT2D eigenvalue weighted by molar-refractivity contribution is 0.102. The van der Waals surface area contributed by atoms with Crippen molar-refractivity contribution in [2.24, 2.45) is 0 Å². The van der Waals surface area contributed by atoms with Gasteiger partial charge in [0.05, 0.1) is 0 Å². The third-order valence-electron chi connectivity index (χ3n) is 1.15. The van der Waals surface area contributed by atoms with E-state index in [-0.39, 0.29) is 10.1 Å². The van der Waals surface area contributed by atoms with Crippen molar-refractivity contribution in [1.29, 1.82) is 0 Å². The lowest BCUT2D eigenvalue weighted by Crippen LogP contribution is -2.11.